The maximum atomic E-state index is 9.52. The summed E-state index contributed by atoms with van der Waals surface area (Å²) in [5.74, 6) is 0. The average molecular weight is 171 g/mol. The Morgan fingerprint density at radius 3 is 2.20 bits per heavy atom. The van der Waals surface area contributed by atoms with Crippen molar-refractivity contribution in [1.82, 2.24) is 3.13 Å². The van der Waals surface area contributed by atoms with E-state index in [1.807, 2.05) is 0 Å². The SMILES string of the molecule is NC(=O)[NH][Cd]. The predicted molar refractivity (Wildman–Crippen MR) is 12.7 cm³/mol. The Morgan fingerprint density at radius 2 is 2.20 bits per heavy atom. The second-order valence-electron chi connectivity index (χ2n) is 0.541. The fraction of sp³-hybridized carbons (Fsp3) is 0. The molecule has 0 aromatic rings. The van der Waals surface area contributed by atoms with Gasteiger partial charge in [0.2, 0.25) is 0 Å². The van der Waals surface area contributed by atoms with Gasteiger partial charge in [-0.15, -0.1) is 0 Å². The van der Waals surface area contributed by atoms with Crippen LogP contribution in [-0.2, 0) is 26.1 Å². The zero-order valence-corrected chi connectivity index (χ0v) is 6.73. The van der Waals surface area contributed by atoms with E-state index in [0.717, 1.165) is 0 Å². The fourth-order valence-electron chi connectivity index (χ4n) is 0. The number of amides is 2. The van der Waals surface area contributed by atoms with Gasteiger partial charge >= 0.3 is 45.8 Å². The summed E-state index contributed by atoms with van der Waals surface area (Å²) in [5, 5.41) is 0. The Labute approximate surface area is 46.0 Å². The summed E-state index contributed by atoms with van der Waals surface area (Å²) in [5.41, 5.74) is 4.58. The molecule has 0 aliphatic carbocycles. The second kappa shape index (κ2) is 2.43. The molecule has 0 rings (SSSR count). The molecule has 0 aliphatic heterocycles. The zero-order chi connectivity index (χ0) is 4.28. The number of carbonyl (C=O) groups excluding carboxylic acids is 1. The zero-order valence-electron chi connectivity index (χ0n) is 2.69. The molecule has 4 heteroatoms. The molecule has 0 aliphatic rings. The van der Waals surface area contributed by atoms with E-state index in [-0.39, 0.29) is 0 Å². The molecule has 0 fully saturated rings. The van der Waals surface area contributed by atoms with E-state index in [4.69, 9.17) is 0 Å². The number of carbonyl (C=O) groups is 1. The van der Waals surface area contributed by atoms with Crippen LogP contribution in [0.4, 0.5) is 4.79 Å². The minimum atomic E-state index is -0.420. The first-order valence-electron chi connectivity index (χ1n) is 1.10. The molecule has 0 atom stereocenters. The van der Waals surface area contributed by atoms with Crippen LogP contribution in [0.3, 0.4) is 0 Å². The van der Waals surface area contributed by atoms with Crippen LogP contribution in [0.1, 0.15) is 0 Å². The number of primary amides is 1. The summed E-state index contributed by atoms with van der Waals surface area (Å²) in [6.07, 6.45) is 0. The van der Waals surface area contributed by atoms with Gasteiger partial charge in [0.15, 0.2) is 0 Å². The second-order valence-corrected chi connectivity index (χ2v) is 1.55. The summed E-state index contributed by atoms with van der Waals surface area (Å²) in [6.45, 7) is 0. The van der Waals surface area contributed by atoms with Crippen LogP contribution in [0.5, 0.6) is 0 Å². The van der Waals surface area contributed by atoms with Crippen LogP contribution < -0.4 is 8.86 Å². The Bertz CT molecular complexity index is 44.9. The fourth-order valence-corrected chi connectivity index (χ4v) is 0. The number of hydrogen-bond acceptors (Lipinski definition) is 1. The van der Waals surface area contributed by atoms with Crippen molar-refractivity contribution < 1.29 is 30.9 Å². The van der Waals surface area contributed by atoms with Crippen LogP contribution in [0.15, 0.2) is 0 Å². The van der Waals surface area contributed by atoms with Crippen LogP contribution in [-0.4, -0.2) is 6.03 Å². The molecule has 5 heavy (non-hydrogen) atoms. The van der Waals surface area contributed by atoms with Crippen LogP contribution in [0.25, 0.3) is 0 Å². The number of rotatable bonds is 0. The molecule has 0 unspecified atom stereocenters. The third-order valence-corrected chi connectivity index (χ3v) is 1.17. The first kappa shape index (κ1) is 5.19. The summed E-state index contributed by atoms with van der Waals surface area (Å²) < 4.78 is 2.34. The molecule has 0 heterocycles. The molecule has 25 valence electrons. The number of hydrogen-bond donors (Lipinski definition) is 2. The third kappa shape index (κ3) is 4.19. The molecule has 0 bridgehead atoms. The van der Waals surface area contributed by atoms with Crippen molar-refractivity contribution >= 4 is 6.03 Å². The van der Waals surface area contributed by atoms with E-state index in [0.29, 0.717) is 26.1 Å². The van der Waals surface area contributed by atoms with Crippen LogP contribution >= 0.6 is 0 Å². The molecular formula is CH3CdN2O. The van der Waals surface area contributed by atoms with Crippen LogP contribution in [0, 0.1) is 0 Å². The van der Waals surface area contributed by atoms with Gasteiger partial charge in [-0.1, -0.05) is 0 Å². The minimum absolute atomic E-state index is 0.420. The quantitative estimate of drug-likeness (QED) is 0.457. The topological polar surface area (TPSA) is 55.1 Å². The van der Waals surface area contributed by atoms with Crippen molar-refractivity contribution in [3.8, 4) is 0 Å². The van der Waals surface area contributed by atoms with Crippen molar-refractivity contribution in [2.24, 2.45) is 5.73 Å². The molecule has 0 aromatic carbocycles. The standard InChI is InChI=1S/CH4N2O.Cd/c2-1(3)4;/h(H4,2,3,4);/q;+1/p-1. The average Bonchev–Trinajstić information content (AvgIpc) is 1.38. The van der Waals surface area contributed by atoms with Crippen molar-refractivity contribution in [3.63, 3.8) is 0 Å². The van der Waals surface area contributed by atoms with E-state index in [1.165, 1.54) is 0 Å². The first-order valence-corrected chi connectivity index (χ1v) is 3.11. The summed E-state index contributed by atoms with van der Waals surface area (Å²) >= 11 is 0.464. The monoisotopic (exact) mass is 173 g/mol. The van der Waals surface area contributed by atoms with Gasteiger partial charge in [0.05, 0.1) is 0 Å². The Morgan fingerprint density at radius 1 is 2.00 bits per heavy atom. The molecule has 3 N–H and O–H groups in total. The normalized spacial score (nSPS) is 6.80. The van der Waals surface area contributed by atoms with Gasteiger partial charge in [-0.25, -0.2) is 0 Å². The molecular weight excluding hydrogens is 168 g/mol. The van der Waals surface area contributed by atoms with Crippen LogP contribution in [0.2, 0.25) is 0 Å². The van der Waals surface area contributed by atoms with E-state index >= 15 is 0 Å². The molecule has 0 aromatic heterocycles. The molecule has 2 amide bonds. The Balaban J connectivity index is 2.85. The van der Waals surface area contributed by atoms with Gasteiger partial charge < -0.3 is 0 Å². The Kier molecular flexibility index (Phi) is 2.52. The molecule has 0 saturated heterocycles. The van der Waals surface area contributed by atoms with Gasteiger partial charge in [-0.2, -0.15) is 0 Å². The van der Waals surface area contributed by atoms with Gasteiger partial charge in [0.25, 0.3) is 0 Å². The maximum absolute atomic E-state index is 9.52. The van der Waals surface area contributed by atoms with E-state index in [2.05, 4.69) is 8.86 Å². The van der Waals surface area contributed by atoms with E-state index in [9.17, 15) is 4.79 Å². The van der Waals surface area contributed by atoms with Gasteiger partial charge in [-0.3, -0.25) is 0 Å². The van der Waals surface area contributed by atoms with Crippen molar-refractivity contribution in [1.29, 1.82) is 0 Å². The number of nitrogens with one attached hydrogen (secondary N) is 1. The molecule has 0 radical (unpaired) electrons. The first-order chi connectivity index (χ1) is 2.27. The predicted octanol–water partition coefficient (Wildman–Crippen LogP) is -0.883. The third-order valence-electron chi connectivity index (χ3n) is 0.174. The Hall–Kier alpha value is 0.192. The summed E-state index contributed by atoms with van der Waals surface area (Å²) in [6, 6.07) is -0.420. The summed E-state index contributed by atoms with van der Waals surface area (Å²) in [7, 11) is 0. The number of urea groups is 1. The van der Waals surface area contributed by atoms with Crippen molar-refractivity contribution in [3.05, 3.63) is 0 Å². The van der Waals surface area contributed by atoms with Crippen molar-refractivity contribution in [2.45, 2.75) is 0 Å². The molecule has 0 spiro atoms. The van der Waals surface area contributed by atoms with E-state index in [1.54, 1.807) is 0 Å². The summed E-state index contributed by atoms with van der Waals surface area (Å²) in [4.78, 5) is 9.52. The van der Waals surface area contributed by atoms with Gasteiger partial charge in [-0.05, 0) is 0 Å². The molecule has 0 saturated carbocycles. The van der Waals surface area contributed by atoms with Gasteiger partial charge in [0.1, 0.15) is 0 Å². The van der Waals surface area contributed by atoms with Crippen molar-refractivity contribution in [2.75, 3.05) is 0 Å². The van der Waals surface area contributed by atoms with E-state index < -0.39 is 6.03 Å². The number of nitrogens with two attached hydrogens (primary N) is 1. The van der Waals surface area contributed by atoms with Gasteiger partial charge in [0, 0.05) is 0 Å². The molecule has 3 nitrogen and oxygen atoms in total.